The fourth-order valence-electron chi connectivity index (χ4n) is 1.78. The van der Waals surface area contributed by atoms with Gasteiger partial charge in [-0.25, -0.2) is 4.98 Å². The summed E-state index contributed by atoms with van der Waals surface area (Å²) >= 11 is 0. The molecule has 94 valence electrons. The van der Waals surface area contributed by atoms with Crippen molar-refractivity contribution in [1.29, 1.82) is 0 Å². The number of hydrogen-bond donors (Lipinski definition) is 3. The molecule has 0 radical (unpaired) electrons. The minimum Gasteiger partial charge on any atom is -0.508 e. The molecule has 18 heavy (non-hydrogen) atoms. The first kappa shape index (κ1) is 12.2. The van der Waals surface area contributed by atoms with Crippen LogP contribution in [0.25, 0.3) is 0 Å². The predicted molar refractivity (Wildman–Crippen MR) is 65.8 cm³/mol. The zero-order chi connectivity index (χ0) is 13.1. The maximum atomic E-state index is 12.0. The number of rotatable bonds is 4. The number of Topliss-reactive ketones (excluding diaryl/α,β-unsaturated/α-hetero) is 1. The second kappa shape index (κ2) is 4.91. The lowest BCUT2D eigenvalue weighted by molar-refractivity contribution is 0.0989. The SMILES string of the molecule is CCc1cc(C(=O)Cc2cnc[nH]2)c(O)cc1O. The molecule has 0 bridgehead atoms. The molecule has 0 spiro atoms. The van der Waals surface area contributed by atoms with Crippen molar-refractivity contribution in [2.75, 3.05) is 0 Å². The Bertz CT molecular complexity index is 562. The van der Waals surface area contributed by atoms with Crippen molar-refractivity contribution in [3.63, 3.8) is 0 Å². The van der Waals surface area contributed by atoms with Crippen LogP contribution in [-0.2, 0) is 12.8 Å². The van der Waals surface area contributed by atoms with Gasteiger partial charge in [-0.3, -0.25) is 4.79 Å². The van der Waals surface area contributed by atoms with Crippen LogP contribution in [0.4, 0.5) is 0 Å². The van der Waals surface area contributed by atoms with Crippen LogP contribution in [0.15, 0.2) is 24.7 Å². The van der Waals surface area contributed by atoms with Gasteiger partial charge in [0.15, 0.2) is 5.78 Å². The lowest BCUT2D eigenvalue weighted by Crippen LogP contribution is -2.05. The Kier molecular flexibility index (Phi) is 3.32. The van der Waals surface area contributed by atoms with Crippen LogP contribution in [0, 0.1) is 0 Å². The van der Waals surface area contributed by atoms with E-state index in [1.54, 1.807) is 6.20 Å². The lowest BCUT2D eigenvalue weighted by atomic mass is 10.0. The van der Waals surface area contributed by atoms with E-state index in [-0.39, 0.29) is 29.3 Å². The van der Waals surface area contributed by atoms with Crippen molar-refractivity contribution in [1.82, 2.24) is 9.97 Å². The molecule has 0 amide bonds. The molecule has 5 nitrogen and oxygen atoms in total. The minimum absolute atomic E-state index is 0.00749. The molecule has 2 rings (SSSR count). The zero-order valence-electron chi connectivity index (χ0n) is 9.97. The highest BCUT2D eigenvalue weighted by molar-refractivity contribution is 6.00. The number of aromatic amines is 1. The average molecular weight is 246 g/mol. The highest BCUT2D eigenvalue weighted by Gasteiger charge is 2.15. The summed E-state index contributed by atoms with van der Waals surface area (Å²) in [6.07, 6.45) is 3.80. The number of carbonyl (C=O) groups excluding carboxylic acids is 1. The van der Waals surface area contributed by atoms with Gasteiger partial charge in [0.1, 0.15) is 11.5 Å². The number of nitrogens with zero attached hydrogens (tertiary/aromatic N) is 1. The first-order valence-electron chi connectivity index (χ1n) is 5.67. The summed E-state index contributed by atoms with van der Waals surface area (Å²) in [6, 6.07) is 2.74. The summed E-state index contributed by atoms with van der Waals surface area (Å²) in [5.41, 5.74) is 1.55. The Morgan fingerprint density at radius 1 is 1.33 bits per heavy atom. The molecule has 0 aliphatic heterocycles. The van der Waals surface area contributed by atoms with Gasteiger partial charge < -0.3 is 15.2 Å². The van der Waals surface area contributed by atoms with Gasteiger partial charge in [-0.05, 0) is 18.1 Å². The number of carbonyl (C=O) groups is 1. The van der Waals surface area contributed by atoms with Crippen LogP contribution < -0.4 is 0 Å². The summed E-state index contributed by atoms with van der Waals surface area (Å²) in [5, 5.41) is 19.3. The van der Waals surface area contributed by atoms with E-state index in [1.807, 2.05) is 6.92 Å². The molecule has 0 aliphatic rings. The van der Waals surface area contributed by atoms with E-state index in [9.17, 15) is 15.0 Å². The van der Waals surface area contributed by atoms with Gasteiger partial charge in [-0.2, -0.15) is 0 Å². The number of benzene rings is 1. The van der Waals surface area contributed by atoms with Crippen LogP contribution in [0.2, 0.25) is 0 Å². The van der Waals surface area contributed by atoms with E-state index in [2.05, 4.69) is 9.97 Å². The average Bonchev–Trinajstić information content (AvgIpc) is 2.81. The van der Waals surface area contributed by atoms with E-state index < -0.39 is 0 Å². The molecule has 1 aromatic heterocycles. The fourth-order valence-corrected chi connectivity index (χ4v) is 1.78. The molecular formula is C13H14N2O3. The topological polar surface area (TPSA) is 86.2 Å². The molecule has 0 aliphatic carbocycles. The van der Waals surface area contributed by atoms with Crippen molar-refractivity contribution in [3.8, 4) is 11.5 Å². The highest BCUT2D eigenvalue weighted by atomic mass is 16.3. The van der Waals surface area contributed by atoms with E-state index in [0.29, 0.717) is 17.7 Å². The number of phenolic OH excluding ortho intramolecular Hbond substituents is 2. The van der Waals surface area contributed by atoms with Crippen LogP contribution in [0.3, 0.4) is 0 Å². The Morgan fingerprint density at radius 2 is 2.11 bits per heavy atom. The van der Waals surface area contributed by atoms with Crippen molar-refractivity contribution in [2.24, 2.45) is 0 Å². The monoisotopic (exact) mass is 246 g/mol. The van der Waals surface area contributed by atoms with Gasteiger partial charge in [0.2, 0.25) is 0 Å². The van der Waals surface area contributed by atoms with E-state index in [1.165, 1.54) is 18.5 Å². The van der Waals surface area contributed by atoms with E-state index in [0.717, 1.165) is 0 Å². The number of aromatic hydroxyl groups is 2. The smallest absolute Gasteiger partial charge is 0.172 e. The standard InChI is InChI=1S/C13H14N2O3/c1-2-8-3-10(13(18)5-11(8)16)12(17)4-9-6-14-7-15-9/h3,5-7,16,18H,2,4H2,1H3,(H,14,15). The Morgan fingerprint density at radius 3 is 2.72 bits per heavy atom. The zero-order valence-corrected chi connectivity index (χ0v) is 9.97. The molecule has 5 heteroatoms. The number of ketones is 1. The molecule has 0 saturated heterocycles. The Labute approximate surface area is 104 Å². The first-order chi connectivity index (χ1) is 8.61. The molecule has 1 heterocycles. The molecule has 2 aromatic rings. The predicted octanol–water partition coefficient (Wildman–Crippen LogP) is 1.81. The summed E-state index contributed by atoms with van der Waals surface area (Å²) < 4.78 is 0. The van der Waals surface area contributed by atoms with Crippen LogP contribution in [-0.4, -0.2) is 26.0 Å². The molecule has 0 saturated carbocycles. The van der Waals surface area contributed by atoms with Crippen molar-refractivity contribution in [2.45, 2.75) is 19.8 Å². The second-order valence-electron chi connectivity index (χ2n) is 4.03. The van der Waals surface area contributed by atoms with Gasteiger partial charge in [0.05, 0.1) is 18.3 Å². The number of aryl methyl sites for hydroxylation is 1. The van der Waals surface area contributed by atoms with Gasteiger partial charge >= 0.3 is 0 Å². The van der Waals surface area contributed by atoms with Gasteiger partial charge in [0.25, 0.3) is 0 Å². The largest absolute Gasteiger partial charge is 0.508 e. The normalized spacial score (nSPS) is 10.5. The fraction of sp³-hybridized carbons (Fsp3) is 0.231. The second-order valence-corrected chi connectivity index (χ2v) is 4.03. The van der Waals surface area contributed by atoms with E-state index >= 15 is 0 Å². The lowest BCUT2D eigenvalue weighted by Gasteiger charge is -2.07. The highest BCUT2D eigenvalue weighted by Crippen LogP contribution is 2.28. The van der Waals surface area contributed by atoms with Gasteiger partial charge in [0, 0.05) is 18.0 Å². The molecule has 0 fully saturated rings. The van der Waals surface area contributed by atoms with Gasteiger partial charge in [-0.1, -0.05) is 6.92 Å². The van der Waals surface area contributed by atoms with Crippen LogP contribution in [0.5, 0.6) is 11.5 Å². The summed E-state index contributed by atoms with van der Waals surface area (Å²) in [7, 11) is 0. The van der Waals surface area contributed by atoms with Crippen molar-refractivity contribution < 1.29 is 15.0 Å². The third-order valence-electron chi connectivity index (χ3n) is 2.78. The maximum absolute atomic E-state index is 12.0. The molecular weight excluding hydrogens is 232 g/mol. The summed E-state index contributed by atoms with van der Waals surface area (Å²) in [4.78, 5) is 18.7. The van der Waals surface area contributed by atoms with Crippen LogP contribution in [0.1, 0.15) is 28.5 Å². The van der Waals surface area contributed by atoms with Gasteiger partial charge in [-0.15, -0.1) is 0 Å². The first-order valence-corrected chi connectivity index (χ1v) is 5.67. The van der Waals surface area contributed by atoms with Crippen molar-refractivity contribution in [3.05, 3.63) is 41.5 Å². The van der Waals surface area contributed by atoms with E-state index in [4.69, 9.17) is 0 Å². The number of imidazole rings is 1. The Balaban J connectivity index is 2.30. The number of H-pyrrole nitrogens is 1. The van der Waals surface area contributed by atoms with Crippen molar-refractivity contribution >= 4 is 5.78 Å². The minimum atomic E-state index is -0.216. The van der Waals surface area contributed by atoms with Crippen LogP contribution >= 0.6 is 0 Å². The summed E-state index contributed by atoms with van der Waals surface area (Å²) in [6.45, 7) is 1.87. The molecule has 3 N–H and O–H groups in total. The number of phenols is 2. The number of hydrogen-bond acceptors (Lipinski definition) is 4. The summed E-state index contributed by atoms with van der Waals surface area (Å²) in [5.74, 6) is -0.409. The number of nitrogens with one attached hydrogen (secondary N) is 1. The third-order valence-corrected chi connectivity index (χ3v) is 2.78. The number of aromatic nitrogens is 2. The maximum Gasteiger partial charge on any atom is 0.172 e. The third kappa shape index (κ3) is 2.34. The molecule has 0 unspecified atom stereocenters. The quantitative estimate of drug-likeness (QED) is 0.718. The molecule has 1 aromatic carbocycles. The Hall–Kier alpha value is -2.30. The molecule has 0 atom stereocenters.